The van der Waals surface area contributed by atoms with Gasteiger partial charge in [-0.05, 0) is 89.4 Å². The van der Waals surface area contributed by atoms with Crippen molar-refractivity contribution in [1.82, 2.24) is 0 Å². The third-order valence-electron chi connectivity index (χ3n) is 9.53. The second kappa shape index (κ2) is 14.6. The van der Waals surface area contributed by atoms with Crippen LogP contribution in [0.1, 0.15) is 107 Å². The molecular weight excluding hydrogens is 632 g/mol. The summed E-state index contributed by atoms with van der Waals surface area (Å²) in [4.78, 5) is 46.6. The van der Waals surface area contributed by atoms with Gasteiger partial charge in [-0.1, -0.05) is 78.9 Å². The molecule has 0 aromatic heterocycles. The molecule has 50 heavy (non-hydrogen) atoms. The second-order valence-corrected chi connectivity index (χ2v) is 14.8. The maximum Gasteiger partial charge on any atom is 0.303 e. The summed E-state index contributed by atoms with van der Waals surface area (Å²) < 4.78 is 22.5. The second-order valence-electron chi connectivity index (χ2n) is 14.8. The lowest BCUT2D eigenvalue weighted by molar-refractivity contribution is -0.188. The number of hydrogen-bond acceptors (Lipinski definition) is 8. The van der Waals surface area contributed by atoms with E-state index >= 15 is 0 Å². The first-order valence-corrected chi connectivity index (χ1v) is 16.8. The van der Waals surface area contributed by atoms with Crippen molar-refractivity contribution in [3.63, 3.8) is 0 Å². The van der Waals surface area contributed by atoms with Gasteiger partial charge in [-0.25, -0.2) is 0 Å². The number of esters is 4. The summed E-state index contributed by atoms with van der Waals surface area (Å²) in [7, 11) is 0. The maximum atomic E-state index is 11.8. The minimum atomic E-state index is -0.902. The van der Waals surface area contributed by atoms with E-state index in [1.165, 1.54) is 27.7 Å². The topological polar surface area (TPSA) is 105 Å². The van der Waals surface area contributed by atoms with Gasteiger partial charge >= 0.3 is 23.9 Å². The first-order valence-electron chi connectivity index (χ1n) is 16.8. The van der Waals surface area contributed by atoms with Crippen LogP contribution in [0.15, 0.2) is 78.9 Å². The zero-order valence-electron chi connectivity index (χ0n) is 31.8. The average Bonchev–Trinajstić information content (AvgIpc) is 2.98. The molecule has 0 unspecified atom stereocenters. The van der Waals surface area contributed by atoms with Gasteiger partial charge in [0.05, 0.1) is 5.41 Å². The molecule has 0 bridgehead atoms. The van der Waals surface area contributed by atoms with Gasteiger partial charge < -0.3 is 18.9 Å². The number of hydrogen-bond donors (Lipinski definition) is 0. The molecule has 0 aliphatic carbocycles. The van der Waals surface area contributed by atoms with Crippen LogP contribution in [0.2, 0.25) is 0 Å². The van der Waals surface area contributed by atoms with E-state index in [2.05, 4.69) is 18.2 Å². The van der Waals surface area contributed by atoms with Crippen molar-refractivity contribution >= 4 is 45.4 Å². The normalized spacial score (nSPS) is 12.4. The van der Waals surface area contributed by atoms with Crippen LogP contribution in [-0.4, -0.2) is 35.1 Å². The summed E-state index contributed by atoms with van der Waals surface area (Å²) in [5.41, 5.74) is -1.67. The van der Waals surface area contributed by atoms with Crippen LogP contribution in [-0.2, 0) is 54.7 Å². The molecule has 0 saturated carbocycles. The van der Waals surface area contributed by atoms with Crippen LogP contribution in [0, 0.1) is 0 Å². The monoisotopic (exact) mass is 684 g/mol. The zero-order valence-corrected chi connectivity index (χ0v) is 31.8. The van der Waals surface area contributed by atoms with E-state index in [4.69, 9.17) is 18.9 Å². The summed E-state index contributed by atoms with van der Waals surface area (Å²) in [6.07, 6.45) is 0. The number of benzene rings is 4. The van der Waals surface area contributed by atoms with E-state index < -0.39 is 27.8 Å². The Hall–Kier alpha value is -4.72. The van der Waals surface area contributed by atoms with E-state index in [9.17, 15) is 19.2 Å². The van der Waals surface area contributed by atoms with Crippen molar-refractivity contribution in [2.45, 2.75) is 118 Å². The van der Waals surface area contributed by atoms with Crippen molar-refractivity contribution in [3.05, 3.63) is 95.6 Å². The molecule has 0 fully saturated rings. The molecule has 0 amide bonds. The molecule has 4 rings (SSSR count). The van der Waals surface area contributed by atoms with Gasteiger partial charge in [0.1, 0.15) is 22.4 Å². The Bertz CT molecular complexity index is 1850. The highest BCUT2D eigenvalue weighted by atomic mass is 16.6. The Balaban J connectivity index is 0.000000279. The lowest BCUT2D eigenvalue weighted by Crippen LogP contribution is -2.61. The Kier molecular flexibility index (Phi) is 11.6. The Morgan fingerprint density at radius 3 is 1.38 bits per heavy atom. The van der Waals surface area contributed by atoms with Crippen LogP contribution in [0.25, 0.3) is 21.5 Å². The predicted octanol–water partition coefficient (Wildman–Crippen LogP) is 9.22. The first kappa shape index (κ1) is 39.7. The maximum absolute atomic E-state index is 11.8. The molecule has 8 heteroatoms. The molecule has 268 valence electrons. The fourth-order valence-corrected chi connectivity index (χ4v) is 7.18. The van der Waals surface area contributed by atoms with E-state index in [1.54, 1.807) is 0 Å². The Labute approximate surface area is 296 Å². The number of carbonyl (C=O) groups is 4. The van der Waals surface area contributed by atoms with Crippen molar-refractivity contribution in [3.8, 4) is 0 Å². The quantitative estimate of drug-likeness (QED) is 0.0976. The van der Waals surface area contributed by atoms with Crippen LogP contribution in [0.3, 0.4) is 0 Å². The Morgan fingerprint density at radius 1 is 0.440 bits per heavy atom. The van der Waals surface area contributed by atoms with Gasteiger partial charge in [0.2, 0.25) is 0 Å². The fraction of sp³-hybridized carbons (Fsp3) is 0.429. The summed E-state index contributed by atoms with van der Waals surface area (Å²) in [5, 5.41) is 4.30. The molecule has 0 N–H and O–H groups in total. The van der Waals surface area contributed by atoms with Crippen LogP contribution >= 0.6 is 0 Å². The van der Waals surface area contributed by atoms with Crippen LogP contribution in [0.4, 0.5) is 0 Å². The van der Waals surface area contributed by atoms with Crippen molar-refractivity contribution < 1.29 is 38.1 Å². The molecule has 0 radical (unpaired) electrons. The molecule has 0 aliphatic heterocycles. The summed E-state index contributed by atoms with van der Waals surface area (Å²) in [5.74, 6) is -1.46. The molecule has 8 nitrogen and oxygen atoms in total. The largest absolute Gasteiger partial charge is 0.459 e. The zero-order chi connectivity index (χ0) is 37.9. The number of fused-ring (bicyclic) bond motifs is 3. The highest BCUT2D eigenvalue weighted by molar-refractivity contribution is 6.09. The summed E-state index contributed by atoms with van der Waals surface area (Å²) in [6.45, 7) is 22.3. The van der Waals surface area contributed by atoms with E-state index in [0.717, 1.165) is 38.2 Å². The average molecular weight is 685 g/mol. The van der Waals surface area contributed by atoms with Crippen molar-refractivity contribution in [2.24, 2.45) is 0 Å². The van der Waals surface area contributed by atoms with E-state index in [0.29, 0.717) is 0 Å². The molecule has 0 aliphatic rings. The van der Waals surface area contributed by atoms with Crippen LogP contribution in [0.5, 0.6) is 0 Å². The van der Waals surface area contributed by atoms with Crippen LogP contribution < -0.4 is 0 Å². The number of ether oxygens (including phenoxy) is 4. The SMILES string of the molecule is CC(=O)OC(C)(C)C(C)(c1ccccc1)C(C)(C)OC(C)=O.CC(=O)OC(C)(C)c1ccc2c(ccc3ccccc32)c1C(C)(C)OC(C)=O. The molecule has 0 atom stereocenters. The molecule has 0 saturated heterocycles. The lowest BCUT2D eigenvalue weighted by atomic mass is 9.61. The third kappa shape index (κ3) is 8.35. The summed E-state index contributed by atoms with van der Waals surface area (Å²) >= 11 is 0. The highest BCUT2D eigenvalue weighted by Crippen LogP contribution is 2.48. The van der Waals surface area contributed by atoms with Crippen molar-refractivity contribution in [1.29, 1.82) is 0 Å². The van der Waals surface area contributed by atoms with Gasteiger partial charge in [-0.3, -0.25) is 19.2 Å². The number of rotatable bonds is 9. The smallest absolute Gasteiger partial charge is 0.303 e. The number of carbonyl (C=O) groups excluding carboxylic acids is 4. The minimum Gasteiger partial charge on any atom is -0.459 e. The van der Waals surface area contributed by atoms with E-state index in [1.807, 2.05) is 123 Å². The van der Waals surface area contributed by atoms with E-state index in [-0.39, 0.29) is 23.9 Å². The Morgan fingerprint density at radius 2 is 0.880 bits per heavy atom. The molecule has 0 spiro atoms. The van der Waals surface area contributed by atoms with Gasteiger partial charge in [0, 0.05) is 38.8 Å². The molecule has 4 aromatic rings. The van der Waals surface area contributed by atoms with Gasteiger partial charge in [-0.15, -0.1) is 0 Å². The summed E-state index contributed by atoms with van der Waals surface area (Å²) in [6, 6.07) is 26.0. The standard InChI is InChI=1S/C24H26O4.C18H26O4/c1-15(25)27-23(3,4)21-14-13-19-18-10-8-7-9-17(18)11-12-20(19)22(21)24(5,6)28-16(2)26;1-13(19)21-16(3,4)18(7,15-11-9-8-10-12-15)17(5,6)22-14(2)20/h7-14H,1-6H3;8-12H,1-7H3. The van der Waals surface area contributed by atoms with Gasteiger partial charge in [0.15, 0.2) is 0 Å². The van der Waals surface area contributed by atoms with Gasteiger partial charge in [-0.2, -0.15) is 0 Å². The fourth-order valence-electron chi connectivity index (χ4n) is 7.18. The highest BCUT2D eigenvalue weighted by Gasteiger charge is 2.57. The molecule has 4 aromatic carbocycles. The molecular formula is C42H52O8. The lowest BCUT2D eigenvalue weighted by Gasteiger charge is -2.52. The van der Waals surface area contributed by atoms with Gasteiger partial charge in [0.25, 0.3) is 0 Å². The first-order chi connectivity index (χ1) is 23.0. The van der Waals surface area contributed by atoms with Crippen molar-refractivity contribution in [2.75, 3.05) is 0 Å². The predicted molar refractivity (Wildman–Crippen MR) is 197 cm³/mol. The molecule has 0 heterocycles. The minimum absolute atomic E-state index is 0.361. The third-order valence-corrected chi connectivity index (χ3v) is 9.53.